The minimum absolute atomic E-state index is 0.163. The van der Waals surface area contributed by atoms with Gasteiger partial charge in [0, 0.05) is 19.0 Å². The molecule has 35 heavy (non-hydrogen) atoms. The fraction of sp³-hybridized carbons (Fsp3) is 0.538. The van der Waals surface area contributed by atoms with Gasteiger partial charge in [-0.15, -0.1) is 0 Å². The van der Waals surface area contributed by atoms with Crippen molar-refractivity contribution in [3.8, 4) is 5.69 Å². The molecule has 184 valence electrons. The summed E-state index contributed by atoms with van der Waals surface area (Å²) in [6.07, 6.45) is 8.23. The van der Waals surface area contributed by atoms with Gasteiger partial charge in [0.15, 0.2) is 5.65 Å². The summed E-state index contributed by atoms with van der Waals surface area (Å²) < 4.78 is 3.18. The molecule has 4 heterocycles. The van der Waals surface area contributed by atoms with Gasteiger partial charge in [0.1, 0.15) is 11.7 Å². The molecule has 9 nitrogen and oxygen atoms in total. The summed E-state index contributed by atoms with van der Waals surface area (Å²) in [5, 5.41) is 19.4. The molecule has 6 rings (SSSR count). The monoisotopic (exact) mass is 476 g/mol. The van der Waals surface area contributed by atoms with Crippen LogP contribution in [0.1, 0.15) is 50.0 Å². The van der Waals surface area contributed by atoms with Crippen molar-refractivity contribution in [1.82, 2.24) is 29.5 Å². The Morgan fingerprint density at radius 2 is 1.80 bits per heavy atom. The number of likely N-dealkylation sites (tertiary alicyclic amines) is 1. The molecule has 1 aliphatic carbocycles. The van der Waals surface area contributed by atoms with Crippen LogP contribution in [0.15, 0.2) is 41.6 Å². The van der Waals surface area contributed by atoms with E-state index in [0.29, 0.717) is 42.9 Å². The second-order valence-electron chi connectivity index (χ2n) is 10.4. The second kappa shape index (κ2) is 8.87. The van der Waals surface area contributed by atoms with Gasteiger partial charge in [0.25, 0.3) is 5.56 Å². The van der Waals surface area contributed by atoms with Crippen LogP contribution >= 0.6 is 0 Å². The summed E-state index contributed by atoms with van der Waals surface area (Å²) in [6.45, 7) is 3.33. The van der Waals surface area contributed by atoms with Gasteiger partial charge >= 0.3 is 0 Å². The number of amides is 1. The molecule has 0 atom stereocenters. The SMILES string of the molecule is O=C(C1CC1)N1CCC(O)(Cn2cnc3c(cnn3-c3ccc(C4CCNCC4)cc3)c2=O)CC1. The molecule has 0 bridgehead atoms. The van der Waals surface area contributed by atoms with Crippen molar-refractivity contribution in [1.29, 1.82) is 0 Å². The van der Waals surface area contributed by atoms with Gasteiger partial charge in [-0.2, -0.15) is 5.10 Å². The average molecular weight is 477 g/mol. The number of nitrogens with one attached hydrogen (secondary N) is 1. The van der Waals surface area contributed by atoms with Crippen LogP contribution in [0.4, 0.5) is 0 Å². The summed E-state index contributed by atoms with van der Waals surface area (Å²) >= 11 is 0. The molecule has 2 aliphatic heterocycles. The molecule has 2 N–H and O–H groups in total. The van der Waals surface area contributed by atoms with E-state index in [9.17, 15) is 14.7 Å². The highest BCUT2D eigenvalue weighted by molar-refractivity contribution is 5.81. The molecule has 0 radical (unpaired) electrons. The molecule has 1 aromatic carbocycles. The number of fused-ring (bicyclic) bond motifs is 1. The molecule has 9 heteroatoms. The van der Waals surface area contributed by atoms with E-state index in [1.54, 1.807) is 10.9 Å². The van der Waals surface area contributed by atoms with Crippen molar-refractivity contribution in [3.63, 3.8) is 0 Å². The first-order valence-electron chi connectivity index (χ1n) is 12.8. The Morgan fingerprint density at radius 1 is 1.09 bits per heavy atom. The fourth-order valence-corrected chi connectivity index (χ4v) is 5.50. The normalized spacial score (nSPS) is 20.9. The Kier molecular flexibility index (Phi) is 5.69. The van der Waals surface area contributed by atoms with Crippen LogP contribution < -0.4 is 10.9 Å². The number of rotatable bonds is 5. The third-order valence-corrected chi connectivity index (χ3v) is 7.90. The van der Waals surface area contributed by atoms with Crippen LogP contribution in [0, 0.1) is 5.92 Å². The maximum Gasteiger partial charge on any atom is 0.264 e. The fourth-order valence-electron chi connectivity index (χ4n) is 5.50. The first-order valence-corrected chi connectivity index (χ1v) is 12.8. The Labute approximate surface area is 203 Å². The van der Waals surface area contributed by atoms with E-state index in [1.807, 2.05) is 17.0 Å². The van der Waals surface area contributed by atoms with Gasteiger partial charge in [0.2, 0.25) is 5.91 Å². The van der Waals surface area contributed by atoms with Crippen molar-refractivity contribution in [2.45, 2.75) is 56.6 Å². The molecule has 3 aliphatic rings. The predicted molar refractivity (Wildman–Crippen MR) is 131 cm³/mol. The van der Waals surface area contributed by atoms with Gasteiger partial charge in [0.05, 0.1) is 24.0 Å². The molecule has 1 saturated carbocycles. The number of carbonyl (C=O) groups excluding carboxylic acids is 1. The molecule has 2 saturated heterocycles. The maximum absolute atomic E-state index is 13.2. The van der Waals surface area contributed by atoms with Crippen LogP contribution in [-0.4, -0.2) is 67.0 Å². The number of benzene rings is 1. The van der Waals surface area contributed by atoms with Gasteiger partial charge < -0.3 is 15.3 Å². The predicted octanol–water partition coefficient (Wildman–Crippen LogP) is 1.81. The van der Waals surface area contributed by atoms with E-state index in [-0.39, 0.29) is 23.9 Å². The molecule has 3 fully saturated rings. The minimum Gasteiger partial charge on any atom is -0.388 e. The lowest BCUT2D eigenvalue weighted by molar-refractivity contribution is -0.137. The first-order chi connectivity index (χ1) is 17.0. The Bertz CT molecular complexity index is 1280. The van der Waals surface area contributed by atoms with E-state index in [1.165, 1.54) is 16.5 Å². The summed E-state index contributed by atoms with van der Waals surface area (Å²) in [4.78, 5) is 31.9. The summed E-state index contributed by atoms with van der Waals surface area (Å²) in [7, 11) is 0. The lowest BCUT2D eigenvalue weighted by Crippen LogP contribution is -2.50. The van der Waals surface area contributed by atoms with Crippen molar-refractivity contribution < 1.29 is 9.90 Å². The zero-order chi connectivity index (χ0) is 24.0. The number of aliphatic hydroxyl groups is 1. The van der Waals surface area contributed by atoms with Gasteiger partial charge in [-0.05, 0) is 75.2 Å². The number of hydrogen-bond acceptors (Lipinski definition) is 6. The van der Waals surface area contributed by atoms with E-state index >= 15 is 0 Å². The van der Waals surface area contributed by atoms with Crippen LogP contribution in [0.3, 0.4) is 0 Å². The lowest BCUT2D eigenvalue weighted by atomic mass is 9.90. The van der Waals surface area contributed by atoms with Crippen LogP contribution in [0.2, 0.25) is 0 Å². The Morgan fingerprint density at radius 3 is 2.49 bits per heavy atom. The number of piperidine rings is 2. The third-order valence-electron chi connectivity index (χ3n) is 7.90. The largest absolute Gasteiger partial charge is 0.388 e. The quantitative estimate of drug-likeness (QED) is 0.582. The summed E-state index contributed by atoms with van der Waals surface area (Å²) in [5.74, 6) is 0.978. The number of carbonyl (C=O) groups is 1. The minimum atomic E-state index is -1.03. The number of aromatic nitrogens is 4. The van der Waals surface area contributed by atoms with Gasteiger partial charge in [-0.25, -0.2) is 9.67 Å². The summed E-state index contributed by atoms with van der Waals surface area (Å²) in [6, 6.07) is 8.37. The van der Waals surface area contributed by atoms with E-state index in [4.69, 9.17) is 0 Å². The zero-order valence-corrected chi connectivity index (χ0v) is 19.9. The molecule has 1 amide bonds. The topological polar surface area (TPSA) is 105 Å². The molecular formula is C26H32N6O3. The van der Waals surface area contributed by atoms with Crippen LogP contribution in [0.25, 0.3) is 16.7 Å². The summed E-state index contributed by atoms with van der Waals surface area (Å²) in [5.41, 5.74) is 1.48. The molecule has 0 unspecified atom stereocenters. The maximum atomic E-state index is 13.2. The first kappa shape index (κ1) is 22.4. The zero-order valence-electron chi connectivity index (χ0n) is 19.9. The highest BCUT2D eigenvalue weighted by Crippen LogP contribution is 2.33. The van der Waals surface area contributed by atoms with E-state index < -0.39 is 5.60 Å². The Balaban J connectivity index is 1.19. The standard InChI is InChI=1S/C26H32N6O3/c33-24(20-1-2-20)30-13-9-26(35,10-14-30)16-31-17-28-23-22(25(31)34)15-29-32(23)21-5-3-18(4-6-21)19-7-11-27-12-8-19/h3-6,15,17,19-20,27,35H,1-2,7-14,16H2. The molecule has 3 aromatic rings. The molecule has 0 spiro atoms. The smallest absolute Gasteiger partial charge is 0.264 e. The van der Waals surface area contributed by atoms with Gasteiger partial charge in [-0.1, -0.05) is 12.1 Å². The lowest BCUT2D eigenvalue weighted by Gasteiger charge is -2.38. The Hall–Kier alpha value is -3.04. The van der Waals surface area contributed by atoms with Crippen LogP contribution in [0.5, 0.6) is 0 Å². The average Bonchev–Trinajstić information content (AvgIpc) is 3.65. The number of nitrogens with zero attached hydrogens (tertiary/aromatic N) is 5. The molecular weight excluding hydrogens is 444 g/mol. The number of hydrogen-bond donors (Lipinski definition) is 2. The van der Waals surface area contributed by atoms with Crippen molar-refractivity contribution in [3.05, 3.63) is 52.7 Å². The molecule has 2 aromatic heterocycles. The third kappa shape index (κ3) is 4.38. The van der Waals surface area contributed by atoms with E-state index in [0.717, 1.165) is 44.5 Å². The second-order valence-corrected chi connectivity index (χ2v) is 10.4. The van der Waals surface area contributed by atoms with Crippen molar-refractivity contribution in [2.24, 2.45) is 5.92 Å². The van der Waals surface area contributed by atoms with Crippen molar-refractivity contribution in [2.75, 3.05) is 26.2 Å². The van der Waals surface area contributed by atoms with E-state index in [2.05, 4.69) is 27.5 Å². The van der Waals surface area contributed by atoms with Gasteiger partial charge in [-0.3, -0.25) is 14.2 Å². The highest BCUT2D eigenvalue weighted by atomic mass is 16.3. The van der Waals surface area contributed by atoms with Crippen molar-refractivity contribution >= 4 is 16.9 Å². The van der Waals surface area contributed by atoms with Crippen LogP contribution in [-0.2, 0) is 11.3 Å². The highest BCUT2D eigenvalue weighted by Gasteiger charge is 2.39.